The summed E-state index contributed by atoms with van der Waals surface area (Å²) in [7, 11) is 0. The van der Waals surface area contributed by atoms with E-state index in [4.69, 9.17) is 21.1 Å². The van der Waals surface area contributed by atoms with Crippen molar-refractivity contribution in [3.05, 3.63) is 63.9 Å². The standard InChI is InChI=1S/C26H29ClO4/c1-8-17-10-11-18(19-12-9-15(2)13-21(19)27)14-20(17)22-23(29)25(4,5)31-26(6,7)24(22)30-16(3)28/h9-14H,8H2,1-7H3. The zero-order valence-electron chi connectivity index (χ0n) is 19.2. The lowest BCUT2D eigenvalue weighted by molar-refractivity contribution is -0.165. The lowest BCUT2D eigenvalue weighted by Crippen LogP contribution is -2.50. The van der Waals surface area contributed by atoms with E-state index in [1.165, 1.54) is 6.92 Å². The average Bonchev–Trinajstić information content (AvgIpc) is 2.65. The molecule has 0 N–H and O–H groups in total. The Morgan fingerprint density at radius 3 is 2.29 bits per heavy atom. The third-order valence-corrected chi connectivity index (χ3v) is 5.81. The Morgan fingerprint density at radius 2 is 1.71 bits per heavy atom. The molecule has 0 saturated carbocycles. The van der Waals surface area contributed by atoms with Crippen molar-refractivity contribution >= 4 is 28.9 Å². The van der Waals surface area contributed by atoms with Crippen LogP contribution in [0.5, 0.6) is 0 Å². The SMILES string of the molecule is CCc1ccc(-c2ccc(C)cc2Cl)cc1C1=C(OC(C)=O)C(C)(C)OC(C)(C)C1=O. The van der Waals surface area contributed by atoms with Gasteiger partial charge < -0.3 is 9.47 Å². The van der Waals surface area contributed by atoms with Gasteiger partial charge in [-0.1, -0.05) is 42.8 Å². The number of hydrogen-bond donors (Lipinski definition) is 0. The minimum absolute atomic E-state index is 0.218. The van der Waals surface area contributed by atoms with Gasteiger partial charge in [0.15, 0.2) is 11.5 Å². The molecule has 0 fully saturated rings. The summed E-state index contributed by atoms with van der Waals surface area (Å²) < 4.78 is 11.6. The van der Waals surface area contributed by atoms with Crippen LogP contribution in [0.3, 0.4) is 0 Å². The van der Waals surface area contributed by atoms with Gasteiger partial charge in [0.1, 0.15) is 11.2 Å². The van der Waals surface area contributed by atoms with Crippen molar-refractivity contribution in [1.29, 1.82) is 0 Å². The Bertz CT molecular complexity index is 1090. The highest BCUT2D eigenvalue weighted by atomic mass is 35.5. The first kappa shape index (κ1) is 23.2. The topological polar surface area (TPSA) is 52.6 Å². The van der Waals surface area contributed by atoms with Crippen molar-refractivity contribution in [1.82, 2.24) is 0 Å². The smallest absolute Gasteiger partial charge is 0.307 e. The molecule has 31 heavy (non-hydrogen) atoms. The second-order valence-corrected chi connectivity index (χ2v) is 9.37. The van der Waals surface area contributed by atoms with Crippen LogP contribution in [0.1, 0.15) is 58.2 Å². The summed E-state index contributed by atoms with van der Waals surface area (Å²) in [4.78, 5) is 25.5. The Balaban J connectivity index is 2.34. The van der Waals surface area contributed by atoms with E-state index in [1.807, 2.05) is 64.1 Å². The molecule has 0 aromatic heterocycles. The molecule has 0 atom stereocenters. The molecule has 0 aliphatic carbocycles. The van der Waals surface area contributed by atoms with E-state index in [-0.39, 0.29) is 11.5 Å². The zero-order valence-corrected chi connectivity index (χ0v) is 19.9. The summed E-state index contributed by atoms with van der Waals surface area (Å²) in [5.74, 6) is -0.469. The van der Waals surface area contributed by atoms with E-state index in [0.717, 1.165) is 27.8 Å². The number of Topliss-reactive ketones (excluding diaryl/α,β-unsaturated/α-hetero) is 1. The maximum atomic E-state index is 13.6. The quantitative estimate of drug-likeness (QED) is 0.523. The summed E-state index contributed by atoms with van der Waals surface area (Å²) in [5, 5.41) is 0.642. The number of carbonyl (C=O) groups is 2. The molecule has 1 heterocycles. The van der Waals surface area contributed by atoms with Crippen LogP contribution in [-0.4, -0.2) is 23.0 Å². The number of rotatable bonds is 4. The minimum Gasteiger partial charge on any atom is -0.427 e. The van der Waals surface area contributed by atoms with E-state index in [0.29, 0.717) is 17.0 Å². The number of ether oxygens (including phenoxy) is 2. The van der Waals surface area contributed by atoms with Gasteiger partial charge >= 0.3 is 5.97 Å². The first-order chi connectivity index (χ1) is 14.4. The summed E-state index contributed by atoms with van der Waals surface area (Å²) >= 11 is 6.52. The molecule has 0 amide bonds. The Labute approximate surface area is 189 Å². The molecule has 0 spiro atoms. The number of aryl methyl sites for hydroxylation is 2. The lowest BCUT2D eigenvalue weighted by atomic mass is 9.80. The molecule has 2 aromatic rings. The second-order valence-electron chi connectivity index (χ2n) is 8.96. The highest BCUT2D eigenvalue weighted by Gasteiger charge is 2.48. The van der Waals surface area contributed by atoms with Crippen LogP contribution < -0.4 is 0 Å². The molecule has 2 aromatic carbocycles. The summed E-state index contributed by atoms with van der Waals surface area (Å²) in [5.41, 5.74) is 2.92. The largest absolute Gasteiger partial charge is 0.427 e. The number of halogens is 1. The van der Waals surface area contributed by atoms with Gasteiger partial charge in [0.05, 0.1) is 5.57 Å². The number of ketones is 1. The minimum atomic E-state index is -1.06. The maximum absolute atomic E-state index is 13.6. The van der Waals surface area contributed by atoms with E-state index in [9.17, 15) is 9.59 Å². The van der Waals surface area contributed by atoms with Gasteiger partial charge in [0.2, 0.25) is 0 Å². The van der Waals surface area contributed by atoms with Gasteiger partial charge in [-0.3, -0.25) is 9.59 Å². The molecule has 5 heteroatoms. The van der Waals surface area contributed by atoms with Gasteiger partial charge in [-0.05, 0) is 75.4 Å². The van der Waals surface area contributed by atoms with Crippen molar-refractivity contribution < 1.29 is 19.1 Å². The first-order valence-electron chi connectivity index (χ1n) is 10.5. The molecule has 0 unspecified atom stereocenters. The van der Waals surface area contributed by atoms with Gasteiger partial charge in [0.25, 0.3) is 0 Å². The van der Waals surface area contributed by atoms with Gasteiger partial charge in [-0.15, -0.1) is 0 Å². The van der Waals surface area contributed by atoms with E-state index in [1.54, 1.807) is 13.8 Å². The third kappa shape index (κ3) is 4.46. The van der Waals surface area contributed by atoms with E-state index < -0.39 is 17.2 Å². The molecule has 3 rings (SSSR count). The first-order valence-corrected chi connectivity index (χ1v) is 10.8. The molecular formula is C26H29ClO4. The lowest BCUT2D eigenvalue weighted by Gasteiger charge is -2.42. The number of carbonyl (C=O) groups excluding carboxylic acids is 2. The normalized spacial score (nSPS) is 17.6. The van der Waals surface area contributed by atoms with Crippen LogP contribution in [0.25, 0.3) is 16.7 Å². The highest BCUT2D eigenvalue weighted by Crippen LogP contribution is 2.43. The second kappa shape index (κ2) is 8.25. The Morgan fingerprint density at radius 1 is 1.03 bits per heavy atom. The predicted molar refractivity (Wildman–Crippen MR) is 124 cm³/mol. The van der Waals surface area contributed by atoms with Crippen molar-refractivity contribution in [2.45, 2.75) is 66.1 Å². The summed E-state index contributed by atoms with van der Waals surface area (Å²) in [6.45, 7) is 12.5. The maximum Gasteiger partial charge on any atom is 0.307 e. The molecule has 0 bridgehead atoms. The molecule has 0 saturated heterocycles. The van der Waals surface area contributed by atoms with Gasteiger partial charge in [-0.2, -0.15) is 0 Å². The van der Waals surface area contributed by atoms with Crippen LogP contribution >= 0.6 is 11.6 Å². The van der Waals surface area contributed by atoms with Crippen LogP contribution in [-0.2, 0) is 25.5 Å². The van der Waals surface area contributed by atoms with Crippen molar-refractivity contribution in [3.63, 3.8) is 0 Å². The van der Waals surface area contributed by atoms with Gasteiger partial charge in [0, 0.05) is 17.5 Å². The molecule has 0 radical (unpaired) electrons. The molecular weight excluding hydrogens is 412 g/mol. The van der Waals surface area contributed by atoms with Crippen LogP contribution in [0.15, 0.2) is 42.2 Å². The Kier molecular flexibility index (Phi) is 6.18. The number of esters is 1. The van der Waals surface area contributed by atoms with Crippen molar-refractivity contribution in [3.8, 4) is 11.1 Å². The molecule has 1 aliphatic rings. The zero-order chi connectivity index (χ0) is 23.1. The van der Waals surface area contributed by atoms with Crippen molar-refractivity contribution in [2.75, 3.05) is 0 Å². The monoisotopic (exact) mass is 440 g/mol. The third-order valence-electron chi connectivity index (χ3n) is 5.50. The fourth-order valence-corrected chi connectivity index (χ4v) is 4.48. The predicted octanol–water partition coefficient (Wildman–Crippen LogP) is 6.31. The van der Waals surface area contributed by atoms with Crippen LogP contribution in [0, 0.1) is 6.92 Å². The summed E-state index contributed by atoms with van der Waals surface area (Å²) in [6, 6.07) is 11.9. The summed E-state index contributed by atoms with van der Waals surface area (Å²) in [6.07, 6.45) is 0.711. The molecule has 4 nitrogen and oxygen atoms in total. The van der Waals surface area contributed by atoms with E-state index >= 15 is 0 Å². The van der Waals surface area contributed by atoms with Crippen LogP contribution in [0.4, 0.5) is 0 Å². The molecule has 1 aliphatic heterocycles. The number of benzene rings is 2. The Hall–Kier alpha value is -2.43. The van der Waals surface area contributed by atoms with E-state index in [2.05, 4.69) is 0 Å². The average molecular weight is 441 g/mol. The fourth-order valence-electron chi connectivity index (χ4n) is 4.14. The molecule has 164 valence electrons. The highest BCUT2D eigenvalue weighted by molar-refractivity contribution is 6.33. The van der Waals surface area contributed by atoms with Crippen molar-refractivity contribution in [2.24, 2.45) is 0 Å². The van der Waals surface area contributed by atoms with Crippen LogP contribution in [0.2, 0.25) is 5.02 Å². The van der Waals surface area contributed by atoms with Gasteiger partial charge in [-0.25, -0.2) is 0 Å². The fraction of sp³-hybridized carbons (Fsp3) is 0.385. The number of hydrogen-bond acceptors (Lipinski definition) is 4.